The van der Waals surface area contributed by atoms with E-state index in [1.165, 1.54) is 19.3 Å². The van der Waals surface area contributed by atoms with Gasteiger partial charge in [0.15, 0.2) is 0 Å². The van der Waals surface area contributed by atoms with Gasteiger partial charge in [-0.05, 0) is 37.0 Å². The molecule has 1 saturated carbocycles. The van der Waals surface area contributed by atoms with E-state index in [9.17, 15) is 0 Å². The van der Waals surface area contributed by atoms with Crippen molar-refractivity contribution in [2.24, 2.45) is 17.8 Å². The van der Waals surface area contributed by atoms with Gasteiger partial charge in [0.1, 0.15) is 0 Å². The molecule has 0 amide bonds. The molecular weight excluding hydrogens is 214 g/mol. The molecule has 1 rings (SSSR count). The second-order valence-corrected chi connectivity index (χ2v) is 4.69. The molecule has 0 heterocycles. The first-order valence-electron chi connectivity index (χ1n) is 4.48. The zero-order valence-electron chi connectivity index (χ0n) is 7.11. The molecule has 0 saturated heterocycles. The Hall–Kier alpha value is 0.870. The summed E-state index contributed by atoms with van der Waals surface area (Å²) in [6.45, 7) is 0. The summed E-state index contributed by atoms with van der Waals surface area (Å²) in [5.74, 6) is 4.23. The molecule has 0 nitrogen and oxygen atoms in total. The van der Waals surface area contributed by atoms with Crippen molar-refractivity contribution >= 4 is 34.8 Å². The van der Waals surface area contributed by atoms with Gasteiger partial charge in [-0.1, -0.05) is 0 Å². The monoisotopic (exact) mass is 228 g/mol. The van der Waals surface area contributed by atoms with Gasteiger partial charge in [-0.3, -0.25) is 0 Å². The Kier molecular flexibility index (Phi) is 5.08. The molecule has 0 aromatic rings. The minimum Gasteiger partial charge on any atom is -0.126 e. The van der Waals surface area contributed by atoms with Crippen LogP contribution in [0.4, 0.5) is 0 Å². The molecule has 72 valence electrons. The Balaban J connectivity index is 2.41. The maximum atomic E-state index is 5.84. The van der Waals surface area contributed by atoms with Crippen LogP contribution in [-0.2, 0) is 0 Å². The zero-order valence-corrected chi connectivity index (χ0v) is 9.38. The quantitative estimate of drug-likeness (QED) is 0.647. The van der Waals surface area contributed by atoms with Gasteiger partial charge in [0.25, 0.3) is 0 Å². The number of halogens is 3. The predicted molar refractivity (Wildman–Crippen MR) is 56.5 cm³/mol. The van der Waals surface area contributed by atoms with Crippen molar-refractivity contribution in [3.05, 3.63) is 0 Å². The van der Waals surface area contributed by atoms with E-state index in [0.717, 1.165) is 17.6 Å². The van der Waals surface area contributed by atoms with Gasteiger partial charge in [-0.2, -0.15) is 0 Å². The highest BCUT2D eigenvalue weighted by atomic mass is 35.5. The molecule has 1 aliphatic carbocycles. The molecule has 0 spiro atoms. The highest BCUT2D eigenvalue weighted by molar-refractivity contribution is 6.19. The van der Waals surface area contributed by atoms with E-state index in [4.69, 9.17) is 34.8 Å². The lowest BCUT2D eigenvalue weighted by Gasteiger charge is -2.32. The third-order valence-corrected chi connectivity index (χ3v) is 3.96. The van der Waals surface area contributed by atoms with Crippen LogP contribution in [-0.4, -0.2) is 17.6 Å². The molecule has 1 aliphatic rings. The zero-order chi connectivity index (χ0) is 8.97. The molecule has 0 bridgehead atoms. The van der Waals surface area contributed by atoms with Gasteiger partial charge >= 0.3 is 0 Å². The average Bonchev–Trinajstić information content (AvgIpc) is 2.16. The third-order valence-electron chi connectivity index (χ3n) is 2.65. The van der Waals surface area contributed by atoms with Crippen LogP contribution in [0.3, 0.4) is 0 Å². The number of alkyl halides is 3. The van der Waals surface area contributed by atoms with Gasteiger partial charge < -0.3 is 0 Å². The fourth-order valence-corrected chi connectivity index (χ4v) is 2.84. The Labute approximate surface area is 89.6 Å². The maximum absolute atomic E-state index is 5.84. The van der Waals surface area contributed by atoms with E-state index < -0.39 is 0 Å². The highest BCUT2D eigenvalue weighted by Gasteiger charge is 2.27. The van der Waals surface area contributed by atoms with Gasteiger partial charge in [0, 0.05) is 17.6 Å². The largest absolute Gasteiger partial charge is 0.126 e. The first kappa shape index (κ1) is 10.9. The van der Waals surface area contributed by atoms with Crippen molar-refractivity contribution in [2.75, 3.05) is 17.6 Å². The summed E-state index contributed by atoms with van der Waals surface area (Å²) in [6.07, 6.45) is 3.58. The lowest BCUT2D eigenvalue weighted by molar-refractivity contribution is 0.240. The molecule has 0 atom stereocenters. The van der Waals surface area contributed by atoms with Crippen molar-refractivity contribution in [2.45, 2.75) is 19.3 Å². The Morgan fingerprint density at radius 1 is 0.667 bits per heavy atom. The van der Waals surface area contributed by atoms with Crippen molar-refractivity contribution in [3.63, 3.8) is 0 Å². The van der Waals surface area contributed by atoms with Crippen LogP contribution in [0.5, 0.6) is 0 Å². The molecule has 0 N–H and O–H groups in total. The number of rotatable bonds is 3. The minimum atomic E-state index is 0.646. The second kappa shape index (κ2) is 5.57. The maximum Gasteiger partial charge on any atom is 0.0251 e. The first-order chi connectivity index (χ1) is 5.80. The third kappa shape index (κ3) is 2.97. The molecule has 0 aromatic heterocycles. The van der Waals surface area contributed by atoms with Crippen LogP contribution >= 0.6 is 34.8 Å². The summed E-state index contributed by atoms with van der Waals surface area (Å²) < 4.78 is 0. The molecule has 1 fully saturated rings. The summed E-state index contributed by atoms with van der Waals surface area (Å²) in [5.41, 5.74) is 0. The summed E-state index contributed by atoms with van der Waals surface area (Å²) in [5, 5.41) is 0. The SMILES string of the molecule is ClCC1CC(CCl)CC(CCl)C1. The van der Waals surface area contributed by atoms with Crippen LogP contribution in [0.2, 0.25) is 0 Å². The minimum absolute atomic E-state index is 0.646. The molecular formula is C9H15Cl3. The second-order valence-electron chi connectivity index (χ2n) is 3.77. The van der Waals surface area contributed by atoms with Crippen LogP contribution in [0, 0.1) is 17.8 Å². The average molecular weight is 230 g/mol. The molecule has 3 heteroatoms. The first-order valence-corrected chi connectivity index (χ1v) is 6.08. The van der Waals surface area contributed by atoms with E-state index in [1.54, 1.807) is 0 Å². The van der Waals surface area contributed by atoms with E-state index in [2.05, 4.69) is 0 Å². The van der Waals surface area contributed by atoms with Gasteiger partial charge in [-0.25, -0.2) is 0 Å². The summed E-state index contributed by atoms with van der Waals surface area (Å²) >= 11 is 17.5. The molecule has 0 aromatic carbocycles. The number of hydrogen-bond acceptors (Lipinski definition) is 0. The Bertz CT molecular complexity index is 97.2. The van der Waals surface area contributed by atoms with E-state index in [0.29, 0.717) is 17.8 Å². The summed E-state index contributed by atoms with van der Waals surface area (Å²) in [7, 11) is 0. The van der Waals surface area contributed by atoms with E-state index in [1.807, 2.05) is 0 Å². The predicted octanol–water partition coefficient (Wildman–Crippen LogP) is 3.74. The molecule has 0 unspecified atom stereocenters. The van der Waals surface area contributed by atoms with Crippen LogP contribution < -0.4 is 0 Å². The lowest BCUT2D eigenvalue weighted by atomic mass is 9.77. The van der Waals surface area contributed by atoms with E-state index >= 15 is 0 Å². The smallest absolute Gasteiger partial charge is 0.0251 e. The van der Waals surface area contributed by atoms with Crippen molar-refractivity contribution in [1.82, 2.24) is 0 Å². The van der Waals surface area contributed by atoms with E-state index in [-0.39, 0.29) is 0 Å². The van der Waals surface area contributed by atoms with Gasteiger partial charge in [0.05, 0.1) is 0 Å². The number of hydrogen-bond donors (Lipinski definition) is 0. The molecule has 0 radical (unpaired) electrons. The van der Waals surface area contributed by atoms with Crippen molar-refractivity contribution in [1.29, 1.82) is 0 Å². The van der Waals surface area contributed by atoms with Crippen LogP contribution in [0.25, 0.3) is 0 Å². The van der Waals surface area contributed by atoms with Crippen LogP contribution in [0.15, 0.2) is 0 Å². The van der Waals surface area contributed by atoms with Gasteiger partial charge in [-0.15, -0.1) is 34.8 Å². The molecule has 12 heavy (non-hydrogen) atoms. The fourth-order valence-electron chi connectivity index (χ4n) is 2.08. The normalized spacial score (nSPS) is 36.8. The lowest BCUT2D eigenvalue weighted by Crippen LogP contribution is -2.25. The molecule has 0 aliphatic heterocycles. The van der Waals surface area contributed by atoms with Crippen LogP contribution in [0.1, 0.15) is 19.3 Å². The van der Waals surface area contributed by atoms with Crippen molar-refractivity contribution < 1.29 is 0 Å². The Morgan fingerprint density at radius 3 is 1.08 bits per heavy atom. The summed E-state index contributed by atoms with van der Waals surface area (Å²) in [4.78, 5) is 0. The van der Waals surface area contributed by atoms with Crippen molar-refractivity contribution in [3.8, 4) is 0 Å². The standard InChI is InChI=1S/C9H15Cl3/c10-4-7-1-8(5-11)3-9(2-7)6-12/h7-9H,1-6H2. The highest BCUT2D eigenvalue weighted by Crippen LogP contribution is 2.35. The Morgan fingerprint density at radius 2 is 0.917 bits per heavy atom. The van der Waals surface area contributed by atoms with Gasteiger partial charge in [0.2, 0.25) is 0 Å². The summed E-state index contributed by atoms with van der Waals surface area (Å²) in [6, 6.07) is 0. The fraction of sp³-hybridized carbons (Fsp3) is 1.00. The topological polar surface area (TPSA) is 0 Å².